The van der Waals surface area contributed by atoms with E-state index < -0.39 is 0 Å². The molecule has 0 aliphatic heterocycles. The topological polar surface area (TPSA) is 76.7 Å². The molecule has 5 heteroatoms. The largest absolute Gasteiger partial charge is 0.330 e. The Hall–Kier alpha value is -2.01. The van der Waals surface area contributed by atoms with Gasteiger partial charge < -0.3 is 11.1 Å². The average Bonchev–Trinajstić information content (AvgIpc) is 2.41. The van der Waals surface area contributed by atoms with Crippen LogP contribution in [0.1, 0.15) is 23.4 Å². The van der Waals surface area contributed by atoms with Crippen LogP contribution in [0.2, 0.25) is 0 Å². The maximum absolute atomic E-state index is 5.52. The van der Waals surface area contributed by atoms with Crippen molar-refractivity contribution in [1.29, 1.82) is 0 Å². The van der Waals surface area contributed by atoms with E-state index in [0.29, 0.717) is 12.5 Å². The fraction of sp³-hybridized carbons (Fsp3) is 0.357. The van der Waals surface area contributed by atoms with Gasteiger partial charge in [-0.15, -0.1) is 5.10 Å². The third kappa shape index (κ3) is 3.72. The summed E-state index contributed by atoms with van der Waals surface area (Å²) in [6.07, 6.45) is 1.98. The number of hydrogen-bond acceptors (Lipinski definition) is 5. The first kappa shape index (κ1) is 13.4. The number of hydrogen-bond donors (Lipinski definition) is 2. The van der Waals surface area contributed by atoms with Crippen LogP contribution in [0.15, 0.2) is 24.3 Å². The molecule has 0 aliphatic rings. The Morgan fingerprint density at radius 1 is 1.16 bits per heavy atom. The van der Waals surface area contributed by atoms with Crippen LogP contribution in [0.25, 0.3) is 0 Å². The summed E-state index contributed by atoms with van der Waals surface area (Å²) in [6, 6.07) is 8.20. The summed E-state index contributed by atoms with van der Waals surface area (Å²) in [7, 11) is 0. The molecule has 0 radical (unpaired) electrons. The zero-order valence-corrected chi connectivity index (χ0v) is 11.3. The van der Waals surface area contributed by atoms with Gasteiger partial charge in [-0.2, -0.15) is 5.10 Å². The highest BCUT2D eigenvalue weighted by atomic mass is 15.2. The van der Waals surface area contributed by atoms with Crippen LogP contribution in [-0.4, -0.2) is 21.7 Å². The van der Waals surface area contributed by atoms with Crippen molar-refractivity contribution in [3.63, 3.8) is 0 Å². The Morgan fingerprint density at radius 3 is 2.74 bits per heavy atom. The Bertz CT molecular complexity index is 553. The van der Waals surface area contributed by atoms with Crippen LogP contribution in [0.4, 0.5) is 11.6 Å². The molecule has 0 amide bonds. The SMILES string of the molecule is Cc1nnc(Nc2cccc(CCCN)c2)nc1C. The molecule has 100 valence electrons. The molecule has 0 spiro atoms. The Balaban J connectivity index is 2.11. The normalized spacial score (nSPS) is 10.5. The number of nitrogens with two attached hydrogens (primary N) is 1. The lowest BCUT2D eigenvalue weighted by molar-refractivity contribution is 0.833. The lowest BCUT2D eigenvalue weighted by Gasteiger charge is -2.07. The van der Waals surface area contributed by atoms with Crippen molar-refractivity contribution in [1.82, 2.24) is 15.2 Å². The summed E-state index contributed by atoms with van der Waals surface area (Å²) in [6.45, 7) is 4.53. The van der Waals surface area contributed by atoms with Gasteiger partial charge in [-0.25, -0.2) is 4.98 Å². The number of rotatable bonds is 5. The van der Waals surface area contributed by atoms with Crippen molar-refractivity contribution in [3.8, 4) is 0 Å². The van der Waals surface area contributed by atoms with Gasteiger partial charge in [0.25, 0.3) is 0 Å². The third-order valence-corrected chi connectivity index (χ3v) is 2.94. The zero-order valence-electron chi connectivity index (χ0n) is 11.3. The smallest absolute Gasteiger partial charge is 0.247 e. The van der Waals surface area contributed by atoms with E-state index in [0.717, 1.165) is 29.9 Å². The molecule has 2 rings (SSSR count). The van der Waals surface area contributed by atoms with Gasteiger partial charge in [-0.05, 0) is 50.9 Å². The molecule has 0 saturated carbocycles. The maximum Gasteiger partial charge on any atom is 0.247 e. The highest BCUT2D eigenvalue weighted by Gasteiger charge is 2.02. The maximum atomic E-state index is 5.52. The van der Waals surface area contributed by atoms with Gasteiger partial charge in [-0.1, -0.05) is 12.1 Å². The summed E-state index contributed by atoms with van der Waals surface area (Å²) >= 11 is 0. The zero-order chi connectivity index (χ0) is 13.7. The lowest BCUT2D eigenvalue weighted by Crippen LogP contribution is -2.03. The first-order valence-electron chi connectivity index (χ1n) is 6.43. The molecule has 5 nitrogen and oxygen atoms in total. The number of benzene rings is 1. The van der Waals surface area contributed by atoms with E-state index in [4.69, 9.17) is 5.73 Å². The second-order valence-corrected chi connectivity index (χ2v) is 4.52. The molecule has 0 aliphatic carbocycles. The number of aryl methyl sites for hydroxylation is 3. The van der Waals surface area contributed by atoms with Gasteiger partial charge >= 0.3 is 0 Å². The number of nitrogens with zero attached hydrogens (tertiary/aromatic N) is 3. The van der Waals surface area contributed by atoms with E-state index >= 15 is 0 Å². The summed E-state index contributed by atoms with van der Waals surface area (Å²) < 4.78 is 0. The van der Waals surface area contributed by atoms with Crippen molar-refractivity contribution >= 4 is 11.6 Å². The molecule has 3 N–H and O–H groups in total. The molecule has 2 aromatic rings. The van der Waals surface area contributed by atoms with Crippen molar-refractivity contribution in [2.45, 2.75) is 26.7 Å². The van der Waals surface area contributed by atoms with E-state index in [1.807, 2.05) is 26.0 Å². The van der Waals surface area contributed by atoms with E-state index in [2.05, 4.69) is 32.6 Å². The van der Waals surface area contributed by atoms with Crippen LogP contribution < -0.4 is 11.1 Å². The summed E-state index contributed by atoms with van der Waals surface area (Å²) in [5, 5.41) is 11.3. The van der Waals surface area contributed by atoms with E-state index in [-0.39, 0.29) is 0 Å². The van der Waals surface area contributed by atoms with Crippen molar-refractivity contribution < 1.29 is 0 Å². The van der Waals surface area contributed by atoms with E-state index in [9.17, 15) is 0 Å². The van der Waals surface area contributed by atoms with Gasteiger partial charge in [0.1, 0.15) is 0 Å². The summed E-state index contributed by atoms with van der Waals surface area (Å²) in [4.78, 5) is 4.36. The molecule has 0 fully saturated rings. The molecule has 19 heavy (non-hydrogen) atoms. The molecule has 0 saturated heterocycles. The van der Waals surface area contributed by atoms with Crippen molar-refractivity contribution in [2.75, 3.05) is 11.9 Å². The van der Waals surface area contributed by atoms with Crippen LogP contribution in [-0.2, 0) is 6.42 Å². The minimum Gasteiger partial charge on any atom is -0.330 e. The second kappa shape index (κ2) is 6.24. The second-order valence-electron chi connectivity index (χ2n) is 4.52. The van der Waals surface area contributed by atoms with Gasteiger partial charge in [0.2, 0.25) is 5.95 Å². The van der Waals surface area contributed by atoms with Crippen molar-refractivity contribution in [3.05, 3.63) is 41.2 Å². The molecule has 0 atom stereocenters. The first-order chi connectivity index (χ1) is 9.19. The molecule has 1 aromatic heterocycles. The van der Waals surface area contributed by atoms with Crippen LogP contribution >= 0.6 is 0 Å². The predicted molar refractivity (Wildman–Crippen MR) is 76.4 cm³/mol. The van der Waals surface area contributed by atoms with Crippen LogP contribution in [0, 0.1) is 13.8 Å². The number of anilines is 2. The minimum atomic E-state index is 0.527. The van der Waals surface area contributed by atoms with Crippen molar-refractivity contribution in [2.24, 2.45) is 5.73 Å². The van der Waals surface area contributed by atoms with Crippen LogP contribution in [0.3, 0.4) is 0 Å². The van der Waals surface area contributed by atoms with Gasteiger partial charge in [0.15, 0.2) is 0 Å². The van der Waals surface area contributed by atoms with Gasteiger partial charge in [0, 0.05) is 5.69 Å². The number of nitrogens with one attached hydrogen (secondary N) is 1. The predicted octanol–water partition coefficient (Wildman–Crippen LogP) is 2.12. The molecule has 1 heterocycles. The Labute approximate surface area is 113 Å². The highest BCUT2D eigenvalue weighted by Crippen LogP contribution is 2.15. The van der Waals surface area contributed by atoms with E-state index in [1.54, 1.807) is 0 Å². The Morgan fingerprint density at radius 2 is 2.00 bits per heavy atom. The fourth-order valence-corrected chi connectivity index (χ4v) is 1.75. The monoisotopic (exact) mass is 257 g/mol. The van der Waals surface area contributed by atoms with Crippen LogP contribution in [0.5, 0.6) is 0 Å². The molecular weight excluding hydrogens is 238 g/mol. The van der Waals surface area contributed by atoms with Gasteiger partial charge in [0.05, 0.1) is 11.4 Å². The first-order valence-corrected chi connectivity index (χ1v) is 6.43. The molecule has 1 aromatic carbocycles. The number of aromatic nitrogens is 3. The lowest BCUT2D eigenvalue weighted by atomic mass is 10.1. The minimum absolute atomic E-state index is 0.527. The average molecular weight is 257 g/mol. The standard InChI is InChI=1S/C14H19N5/c1-10-11(2)18-19-14(16-10)17-13-7-3-5-12(9-13)6-4-8-15/h3,5,7,9H,4,6,8,15H2,1-2H3,(H,16,17,19). The molecular formula is C14H19N5. The third-order valence-electron chi connectivity index (χ3n) is 2.94. The molecule has 0 bridgehead atoms. The summed E-state index contributed by atoms with van der Waals surface area (Å²) in [5.41, 5.74) is 9.49. The molecule has 0 unspecified atom stereocenters. The Kier molecular flexibility index (Phi) is 4.41. The summed E-state index contributed by atoms with van der Waals surface area (Å²) in [5.74, 6) is 0.527. The quantitative estimate of drug-likeness (QED) is 0.858. The van der Waals surface area contributed by atoms with Gasteiger partial charge in [-0.3, -0.25) is 0 Å². The van der Waals surface area contributed by atoms with E-state index in [1.165, 1.54) is 5.56 Å². The fourth-order valence-electron chi connectivity index (χ4n) is 1.75. The highest BCUT2D eigenvalue weighted by molar-refractivity contribution is 5.54.